The van der Waals surface area contributed by atoms with E-state index in [0.29, 0.717) is 24.0 Å². The lowest BCUT2D eigenvalue weighted by atomic mass is 10.0. The van der Waals surface area contributed by atoms with E-state index in [4.69, 9.17) is 5.11 Å². The Morgan fingerprint density at radius 1 is 1.20 bits per heavy atom. The van der Waals surface area contributed by atoms with Gasteiger partial charge in [0.15, 0.2) is 0 Å². The molecule has 0 fully saturated rings. The molecule has 7 heteroatoms. The van der Waals surface area contributed by atoms with Crippen LogP contribution in [0.25, 0.3) is 0 Å². The van der Waals surface area contributed by atoms with Crippen LogP contribution in [0.3, 0.4) is 0 Å². The molecule has 108 valence electrons. The van der Waals surface area contributed by atoms with E-state index in [0.717, 1.165) is 4.90 Å². The van der Waals surface area contributed by atoms with Gasteiger partial charge in [0.2, 0.25) is 0 Å². The van der Waals surface area contributed by atoms with Crippen LogP contribution in [-0.4, -0.2) is 34.6 Å². The van der Waals surface area contributed by atoms with Gasteiger partial charge in [-0.1, -0.05) is 6.07 Å². The maximum atomic E-state index is 12.4. The summed E-state index contributed by atoms with van der Waals surface area (Å²) in [5, 5.41) is 8.89. The average molecular weight is 287 g/mol. The second-order valence-corrected chi connectivity index (χ2v) is 4.62. The number of hydrogen-bond acceptors (Lipinski definition) is 2. The SMILES string of the molecule is O=C(O)c1ccc2c(c1)CCCN(C(=O)C(F)(F)F)C2. The van der Waals surface area contributed by atoms with Crippen LogP contribution in [0.15, 0.2) is 18.2 Å². The third-order valence-electron chi connectivity index (χ3n) is 3.22. The third-order valence-corrected chi connectivity index (χ3v) is 3.22. The van der Waals surface area contributed by atoms with E-state index in [2.05, 4.69) is 0 Å². The van der Waals surface area contributed by atoms with E-state index in [-0.39, 0.29) is 18.7 Å². The van der Waals surface area contributed by atoms with Gasteiger partial charge in [0.25, 0.3) is 0 Å². The standard InChI is InChI=1S/C13H12F3NO3/c14-13(15,16)12(20)17-5-1-2-8-6-9(11(18)19)3-4-10(8)7-17/h3-4,6H,1-2,5,7H2,(H,18,19). The number of carboxylic acid groups (broad SMARTS) is 1. The molecule has 4 nitrogen and oxygen atoms in total. The van der Waals surface area contributed by atoms with Gasteiger partial charge >= 0.3 is 18.1 Å². The van der Waals surface area contributed by atoms with E-state index < -0.39 is 18.1 Å². The summed E-state index contributed by atoms with van der Waals surface area (Å²) in [6.07, 6.45) is -4.05. The van der Waals surface area contributed by atoms with Crippen molar-refractivity contribution in [2.45, 2.75) is 25.6 Å². The molecule has 0 atom stereocenters. The summed E-state index contributed by atoms with van der Waals surface area (Å²) < 4.78 is 37.3. The lowest BCUT2D eigenvalue weighted by molar-refractivity contribution is -0.186. The number of nitrogens with zero attached hydrogens (tertiary/aromatic N) is 1. The van der Waals surface area contributed by atoms with Crippen molar-refractivity contribution in [3.63, 3.8) is 0 Å². The molecular formula is C13H12F3NO3. The topological polar surface area (TPSA) is 57.6 Å². The van der Waals surface area contributed by atoms with E-state index >= 15 is 0 Å². The number of fused-ring (bicyclic) bond motifs is 1. The van der Waals surface area contributed by atoms with Crippen molar-refractivity contribution < 1.29 is 27.9 Å². The number of aryl methyl sites for hydroxylation is 1. The normalized spacial score (nSPS) is 15.4. The van der Waals surface area contributed by atoms with Crippen molar-refractivity contribution in [3.8, 4) is 0 Å². The molecule has 0 bridgehead atoms. The molecule has 1 aliphatic heterocycles. The van der Waals surface area contributed by atoms with Crippen LogP contribution in [0.1, 0.15) is 27.9 Å². The molecular weight excluding hydrogens is 275 g/mol. The summed E-state index contributed by atoms with van der Waals surface area (Å²) in [6, 6.07) is 4.27. The van der Waals surface area contributed by atoms with Crippen LogP contribution in [-0.2, 0) is 17.8 Å². The Balaban J connectivity index is 2.27. The zero-order chi connectivity index (χ0) is 14.9. The van der Waals surface area contributed by atoms with Gasteiger partial charge < -0.3 is 10.0 Å². The molecule has 0 aliphatic carbocycles. The summed E-state index contributed by atoms with van der Waals surface area (Å²) in [6.45, 7) is -0.136. The molecule has 2 rings (SSSR count). The number of aromatic carboxylic acids is 1. The largest absolute Gasteiger partial charge is 0.478 e. The van der Waals surface area contributed by atoms with Gasteiger partial charge in [-0.2, -0.15) is 13.2 Å². The van der Waals surface area contributed by atoms with Crippen LogP contribution in [0.2, 0.25) is 0 Å². The molecule has 0 saturated carbocycles. The first-order valence-corrected chi connectivity index (χ1v) is 6.00. The summed E-state index contributed by atoms with van der Waals surface area (Å²) in [5.74, 6) is -2.94. The van der Waals surface area contributed by atoms with E-state index in [9.17, 15) is 22.8 Å². The number of benzene rings is 1. The highest BCUT2D eigenvalue weighted by atomic mass is 19.4. The number of carboxylic acids is 1. The fourth-order valence-corrected chi connectivity index (χ4v) is 2.24. The van der Waals surface area contributed by atoms with E-state index in [1.54, 1.807) is 0 Å². The smallest absolute Gasteiger partial charge is 0.471 e. The maximum absolute atomic E-state index is 12.4. The molecule has 1 aromatic carbocycles. The van der Waals surface area contributed by atoms with Gasteiger partial charge in [-0.05, 0) is 36.1 Å². The van der Waals surface area contributed by atoms with Crippen LogP contribution < -0.4 is 0 Å². The molecule has 0 radical (unpaired) electrons. The molecule has 1 amide bonds. The zero-order valence-corrected chi connectivity index (χ0v) is 10.4. The zero-order valence-electron chi connectivity index (χ0n) is 10.4. The van der Waals surface area contributed by atoms with Crippen molar-refractivity contribution in [3.05, 3.63) is 34.9 Å². The average Bonchev–Trinajstić information content (AvgIpc) is 2.57. The van der Waals surface area contributed by atoms with Crippen molar-refractivity contribution in [1.29, 1.82) is 0 Å². The van der Waals surface area contributed by atoms with Crippen molar-refractivity contribution in [2.75, 3.05) is 6.54 Å². The second-order valence-electron chi connectivity index (χ2n) is 4.62. The minimum Gasteiger partial charge on any atom is -0.478 e. The fraction of sp³-hybridized carbons (Fsp3) is 0.385. The molecule has 20 heavy (non-hydrogen) atoms. The number of carbonyl (C=O) groups excluding carboxylic acids is 1. The highest BCUT2D eigenvalue weighted by Gasteiger charge is 2.42. The predicted octanol–water partition coefficient (Wildman–Crippen LogP) is 2.22. The van der Waals surface area contributed by atoms with Gasteiger partial charge in [0, 0.05) is 13.1 Å². The van der Waals surface area contributed by atoms with Crippen molar-refractivity contribution in [1.82, 2.24) is 4.90 Å². The predicted molar refractivity (Wildman–Crippen MR) is 63.2 cm³/mol. The van der Waals surface area contributed by atoms with Gasteiger partial charge in [-0.15, -0.1) is 0 Å². The Bertz CT molecular complexity index is 554. The quantitative estimate of drug-likeness (QED) is 0.861. The van der Waals surface area contributed by atoms with E-state index in [1.165, 1.54) is 18.2 Å². The number of halogens is 3. The summed E-state index contributed by atoms with van der Waals surface area (Å²) in [4.78, 5) is 22.9. The number of amides is 1. The monoisotopic (exact) mass is 287 g/mol. The maximum Gasteiger partial charge on any atom is 0.471 e. The summed E-state index contributed by atoms with van der Waals surface area (Å²) in [5.41, 5.74) is 1.34. The first kappa shape index (κ1) is 14.4. The van der Waals surface area contributed by atoms with Gasteiger partial charge in [0.05, 0.1) is 5.56 Å². The van der Waals surface area contributed by atoms with Crippen LogP contribution in [0, 0.1) is 0 Å². The summed E-state index contributed by atoms with van der Waals surface area (Å²) in [7, 11) is 0. The molecule has 0 unspecified atom stereocenters. The summed E-state index contributed by atoms with van der Waals surface area (Å²) >= 11 is 0. The minimum atomic E-state index is -4.88. The molecule has 1 N–H and O–H groups in total. The molecule has 0 spiro atoms. The Kier molecular flexibility index (Phi) is 3.69. The Labute approximate surface area is 112 Å². The van der Waals surface area contributed by atoms with Crippen molar-refractivity contribution >= 4 is 11.9 Å². The Morgan fingerprint density at radius 2 is 1.90 bits per heavy atom. The number of alkyl halides is 3. The van der Waals surface area contributed by atoms with Crippen LogP contribution in [0.5, 0.6) is 0 Å². The lowest BCUT2D eigenvalue weighted by Gasteiger charge is -2.22. The molecule has 0 saturated heterocycles. The molecule has 1 aromatic rings. The molecule has 0 aromatic heterocycles. The van der Waals surface area contributed by atoms with Crippen LogP contribution >= 0.6 is 0 Å². The van der Waals surface area contributed by atoms with Gasteiger partial charge in [-0.3, -0.25) is 4.79 Å². The number of hydrogen-bond donors (Lipinski definition) is 1. The first-order chi connectivity index (χ1) is 9.29. The van der Waals surface area contributed by atoms with E-state index in [1.807, 2.05) is 0 Å². The lowest BCUT2D eigenvalue weighted by Crippen LogP contribution is -2.40. The van der Waals surface area contributed by atoms with Gasteiger partial charge in [-0.25, -0.2) is 4.79 Å². The highest BCUT2D eigenvalue weighted by Crippen LogP contribution is 2.25. The second kappa shape index (κ2) is 5.15. The highest BCUT2D eigenvalue weighted by molar-refractivity contribution is 5.88. The number of rotatable bonds is 1. The van der Waals surface area contributed by atoms with Crippen molar-refractivity contribution in [2.24, 2.45) is 0 Å². The Hall–Kier alpha value is -2.05. The van der Waals surface area contributed by atoms with Gasteiger partial charge in [0.1, 0.15) is 0 Å². The molecule has 1 aliphatic rings. The third kappa shape index (κ3) is 2.92. The Morgan fingerprint density at radius 3 is 2.50 bits per heavy atom. The fourth-order valence-electron chi connectivity index (χ4n) is 2.24. The first-order valence-electron chi connectivity index (χ1n) is 6.00. The number of carbonyl (C=O) groups is 2. The molecule has 1 heterocycles. The minimum absolute atomic E-state index is 0.00935. The van der Waals surface area contributed by atoms with Crippen LogP contribution in [0.4, 0.5) is 13.2 Å².